The van der Waals surface area contributed by atoms with Crippen LogP contribution < -0.4 is 10.2 Å². The highest BCUT2D eigenvalue weighted by atomic mass is 16.4. The Hall–Kier alpha value is -2.04. The van der Waals surface area contributed by atoms with E-state index in [1.54, 1.807) is 17.0 Å². The maximum atomic E-state index is 12.4. The standard InChI is InChI=1S/C16H20N2O3/c1-16(7-8-16)10-17-15(21)18-9-3-5-11-12(14(19)20)4-2-6-13(11)18/h2,4,6H,3,5,7-10H2,1H3,(H,17,21)(H,19,20). The van der Waals surface area contributed by atoms with Gasteiger partial charge in [-0.05, 0) is 48.8 Å². The number of aromatic carboxylic acids is 1. The number of carboxylic acids is 1. The lowest BCUT2D eigenvalue weighted by Gasteiger charge is -2.30. The van der Waals surface area contributed by atoms with Crippen molar-refractivity contribution >= 4 is 17.7 Å². The highest BCUT2D eigenvalue weighted by molar-refractivity contribution is 5.97. The fraction of sp³-hybridized carbons (Fsp3) is 0.500. The molecule has 1 aliphatic heterocycles. The minimum Gasteiger partial charge on any atom is -0.478 e. The van der Waals surface area contributed by atoms with Gasteiger partial charge in [-0.3, -0.25) is 4.90 Å². The normalized spacial score (nSPS) is 18.8. The molecular formula is C16H20N2O3. The van der Waals surface area contributed by atoms with Crippen molar-refractivity contribution < 1.29 is 14.7 Å². The number of fused-ring (bicyclic) bond motifs is 1. The van der Waals surface area contributed by atoms with E-state index in [0.717, 1.165) is 30.5 Å². The first-order valence-electron chi connectivity index (χ1n) is 7.41. The third kappa shape index (κ3) is 2.73. The molecule has 0 aromatic heterocycles. The van der Waals surface area contributed by atoms with E-state index < -0.39 is 5.97 Å². The molecule has 2 N–H and O–H groups in total. The number of hydrogen-bond acceptors (Lipinski definition) is 2. The van der Waals surface area contributed by atoms with Crippen LogP contribution in [0.1, 0.15) is 42.1 Å². The summed E-state index contributed by atoms with van der Waals surface area (Å²) in [6, 6.07) is 5.02. The molecule has 2 aliphatic rings. The third-order valence-corrected chi connectivity index (χ3v) is 4.50. The van der Waals surface area contributed by atoms with Gasteiger partial charge in [-0.2, -0.15) is 0 Å². The number of rotatable bonds is 3. The molecule has 0 bridgehead atoms. The lowest BCUT2D eigenvalue weighted by Crippen LogP contribution is -2.44. The second-order valence-corrected chi connectivity index (χ2v) is 6.33. The summed E-state index contributed by atoms with van der Waals surface area (Å²) in [6.07, 6.45) is 3.82. The largest absolute Gasteiger partial charge is 0.478 e. The number of carbonyl (C=O) groups excluding carboxylic acids is 1. The Morgan fingerprint density at radius 3 is 2.81 bits per heavy atom. The van der Waals surface area contributed by atoms with Gasteiger partial charge in [0.2, 0.25) is 0 Å². The first-order chi connectivity index (χ1) is 10.0. The van der Waals surface area contributed by atoms with Gasteiger partial charge in [0.15, 0.2) is 0 Å². The molecular weight excluding hydrogens is 268 g/mol. The molecule has 21 heavy (non-hydrogen) atoms. The van der Waals surface area contributed by atoms with Crippen molar-refractivity contribution in [3.8, 4) is 0 Å². The van der Waals surface area contributed by atoms with E-state index in [-0.39, 0.29) is 11.4 Å². The molecule has 1 fully saturated rings. The Bertz CT molecular complexity index is 593. The highest BCUT2D eigenvalue weighted by Gasteiger charge is 2.38. The van der Waals surface area contributed by atoms with E-state index in [0.29, 0.717) is 25.1 Å². The van der Waals surface area contributed by atoms with E-state index in [9.17, 15) is 14.7 Å². The summed E-state index contributed by atoms with van der Waals surface area (Å²) in [5.74, 6) is -0.931. The van der Waals surface area contributed by atoms with Crippen molar-refractivity contribution in [2.45, 2.75) is 32.6 Å². The van der Waals surface area contributed by atoms with Gasteiger partial charge < -0.3 is 10.4 Å². The predicted molar refractivity (Wildman–Crippen MR) is 79.8 cm³/mol. The van der Waals surface area contributed by atoms with Gasteiger partial charge in [0.1, 0.15) is 0 Å². The van der Waals surface area contributed by atoms with Crippen LogP contribution in [-0.2, 0) is 6.42 Å². The SMILES string of the molecule is CC1(CNC(=O)N2CCCc3c(C(=O)O)cccc32)CC1. The quantitative estimate of drug-likeness (QED) is 0.898. The number of urea groups is 1. The predicted octanol–water partition coefficient (Wildman–Crippen LogP) is 2.65. The van der Waals surface area contributed by atoms with Crippen molar-refractivity contribution in [1.82, 2.24) is 5.32 Å². The van der Waals surface area contributed by atoms with Crippen LogP contribution in [0.25, 0.3) is 0 Å². The van der Waals surface area contributed by atoms with Crippen molar-refractivity contribution in [3.63, 3.8) is 0 Å². The molecule has 1 heterocycles. The highest BCUT2D eigenvalue weighted by Crippen LogP contribution is 2.44. The van der Waals surface area contributed by atoms with Crippen LogP contribution >= 0.6 is 0 Å². The molecule has 0 atom stereocenters. The molecule has 3 rings (SSSR count). The Labute approximate surface area is 123 Å². The summed E-state index contributed by atoms with van der Waals surface area (Å²) < 4.78 is 0. The van der Waals surface area contributed by atoms with E-state index in [2.05, 4.69) is 12.2 Å². The molecule has 1 aromatic rings. The maximum Gasteiger partial charge on any atom is 0.336 e. The number of carboxylic acid groups (broad SMARTS) is 1. The summed E-state index contributed by atoms with van der Waals surface area (Å²) in [5, 5.41) is 12.2. The summed E-state index contributed by atoms with van der Waals surface area (Å²) in [7, 11) is 0. The van der Waals surface area contributed by atoms with Crippen LogP contribution in [0.4, 0.5) is 10.5 Å². The number of carbonyl (C=O) groups is 2. The fourth-order valence-corrected chi connectivity index (χ4v) is 2.81. The van der Waals surface area contributed by atoms with Crippen molar-refractivity contribution in [1.29, 1.82) is 0 Å². The van der Waals surface area contributed by atoms with Crippen molar-refractivity contribution in [2.24, 2.45) is 5.41 Å². The number of nitrogens with one attached hydrogen (secondary N) is 1. The molecule has 0 saturated heterocycles. The van der Waals surface area contributed by atoms with Crippen LogP contribution in [-0.4, -0.2) is 30.2 Å². The van der Waals surface area contributed by atoms with Crippen LogP contribution in [0.2, 0.25) is 0 Å². The number of hydrogen-bond donors (Lipinski definition) is 2. The van der Waals surface area contributed by atoms with Gasteiger partial charge >= 0.3 is 12.0 Å². The zero-order valence-electron chi connectivity index (χ0n) is 12.2. The molecule has 5 nitrogen and oxygen atoms in total. The van der Waals surface area contributed by atoms with E-state index in [1.807, 2.05) is 6.07 Å². The Morgan fingerprint density at radius 1 is 1.38 bits per heavy atom. The molecule has 0 unspecified atom stereocenters. The van der Waals surface area contributed by atoms with Crippen LogP contribution in [0, 0.1) is 5.41 Å². The minimum atomic E-state index is -0.931. The van der Waals surface area contributed by atoms with Gasteiger partial charge in [-0.15, -0.1) is 0 Å². The Kier molecular flexibility index (Phi) is 3.35. The molecule has 5 heteroatoms. The molecule has 0 radical (unpaired) electrons. The third-order valence-electron chi connectivity index (χ3n) is 4.50. The van der Waals surface area contributed by atoms with Crippen LogP contribution in [0.15, 0.2) is 18.2 Å². The van der Waals surface area contributed by atoms with E-state index in [1.165, 1.54) is 0 Å². The zero-order chi connectivity index (χ0) is 15.0. The summed E-state index contributed by atoms with van der Waals surface area (Å²) in [5.41, 5.74) is 2.07. The molecule has 2 amide bonds. The van der Waals surface area contributed by atoms with Gasteiger partial charge in [0.25, 0.3) is 0 Å². The van der Waals surface area contributed by atoms with Gasteiger partial charge in [0.05, 0.1) is 5.56 Å². The van der Waals surface area contributed by atoms with Gasteiger partial charge in [-0.1, -0.05) is 13.0 Å². The maximum absolute atomic E-state index is 12.4. The minimum absolute atomic E-state index is 0.119. The number of amides is 2. The number of anilines is 1. The number of benzene rings is 1. The Balaban J connectivity index is 1.81. The second kappa shape index (κ2) is 5.06. The lowest BCUT2D eigenvalue weighted by atomic mass is 9.96. The Morgan fingerprint density at radius 2 is 2.14 bits per heavy atom. The zero-order valence-corrected chi connectivity index (χ0v) is 12.2. The van der Waals surface area contributed by atoms with Crippen molar-refractivity contribution in [3.05, 3.63) is 29.3 Å². The molecule has 1 aliphatic carbocycles. The van der Waals surface area contributed by atoms with Crippen molar-refractivity contribution in [2.75, 3.05) is 18.0 Å². The molecule has 1 aromatic carbocycles. The second-order valence-electron chi connectivity index (χ2n) is 6.33. The summed E-state index contributed by atoms with van der Waals surface area (Å²) in [6.45, 7) is 3.49. The van der Waals surface area contributed by atoms with Crippen LogP contribution in [0.3, 0.4) is 0 Å². The molecule has 0 spiro atoms. The average molecular weight is 288 g/mol. The van der Waals surface area contributed by atoms with Gasteiger partial charge in [0, 0.05) is 18.8 Å². The first-order valence-corrected chi connectivity index (χ1v) is 7.41. The van der Waals surface area contributed by atoms with E-state index >= 15 is 0 Å². The monoisotopic (exact) mass is 288 g/mol. The topological polar surface area (TPSA) is 69.6 Å². The summed E-state index contributed by atoms with van der Waals surface area (Å²) in [4.78, 5) is 25.4. The number of nitrogens with zero attached hydrogens (tertiary/aromatic N) is 1. The average Bonchev–Trinajstić information content (AvgIpc) is 3.21. The fourth-order valence-electron chi connectivity index (χ4n) is 2.81. The molecule has 1 saturated carbocycles. The smallest absolute Gasteiger partial charge is 0.336 e. The van der Waals surface area contributed by atoms with E-state index in [4.69, 9.17) is 0 Å². The summed E-state index contributed by atoms with van der Waals surface area (Å²) >= 11 is 0. The first kappa shape index (κ1) is 13.9. The van der Waals surface area contributed by atoms with Gasteiger partial charge in [-0.25, -0.2) is 9.59 Å². The lowest BCUT2D eigenvalue weighted by molar-refractivity contribution is 0.0695. The molecule has 112 valence electrons. The van der Waals surface area contributed by atoms with Crippen LogP contribution in [0.5, 0.6) is 0 Å².